The lowest BCUT2D eigenvalue weighted by Crippen LogP contribution is -2.53. The molecule has 0 amide bonds. The number of hydrogen-bond acceptors (Lipinski definition) is 2. The van der Waals surface area contributed by atoms with Gasteiger partial charge in [0.05, 0.1) is 5.60 Å². The molecule has 0 aromatic heterocycles. The molecule has 0 bridgehead atoms. The molecular formula is C14H27NO. The molecule has 2 nitrogen and oxygen atoms in total. The summed E-state index contributed by atoms with van der Waals surface area (Å²) in [4.78, 5) is 0. The van der Waals surface area contributed by atoms with Crippen LogP contribution in [0.4, 0.5) is 0 Å². The van der Waals surface area contributed by atoms with E-state index in [9.17, 15) is 5.11 Å². The number of nitrogens with two attached hydrogens (primary N) is 1. The highest BCUT2D eigenvalue weighted by Gasteiger charge is 2.57. The first-order valence-corrected chi connectivity index (χ1v) is 6.84. The van der Waals surface area contributed by atoms with Crippen molar-refractivity contribution in [3.8, 4) is 0 Å². The molecule has 0 spiro atoms. The summed E-state index contributed by atoms with van der Waals surface area (Å²) in [7, 11) is 0. The lowest BCUT2D eigenvalue weighted by Gasteiger charge is -2.45. The minimum absolute atomic E-state index is 0.228. The summed E-state index contributed by atoms with van der Waals surface area (Å²) in [5.74, 6) is 0.764. The highest BCUT2D eigenvalue weighted by molar-refractivity contribution is 5.15. The molecule has 0 aromatic rings. The van der Waals surface area contributed by atoms with Gasteiger partial charge in [0.15, 0.2) is 0 Å². The maximum Gasteiger partial charge on any atom is 0.0826 e. The Morgan fingerprint density at radius 3 is 2.06 bits per heavy atom. The molecule has 0 aliphatic heterocycles. The molecule has 0 radical (unpaired) electrons. The second-order valence-corrected chi connectivity index (χ2v) is 6.80. The predicted molar refractivity (Wildman–Crippen MR) is 67.1 cm³/mol. The first-order valence-electron chi connectivity index (χ1n) is 6.84. The Kier molecular flexibility index (Phi) is 2.87. The smallest absolute Gasteiger partial charge is 0.0826 e. The van der Waals surface area contributed by atoms with Gasteiger partial charge in [-0.15, -0.1) is 0 Å². The van der Waals surface area contributed by atoms with E-state index < -0.39 is 5.60 Å². The minimum atomic E-state index is -0.548. The van der Waals surface area contributed by atoms with Crippen LogP contribution in [0.5, 0.6) is 0 Å². The molecule has 0 heterocycles. The molecule has 2 fully saturated rings. The largest absolute Gasteiger partial charge is 0.388 e. The summed E-state index contributed by atoms with van der Waals surface area (Å²) < 4.78 is 0. The highest BCUT2D eigenvalue weighted by atomic mass is 16.3. The van der Waals surface area contributed by atoms with Crippen molar-refractivity contribution in [1.29, 1.82) is 0 Å². The fourth-order valence-electron chi connectivity index (χ4n) is 3.26. The van der Waals surface area contributed by atoms with Crippen molar-refractivity contribution in [1.82, 2.24) is 0 Å². The average Bonchev–Trinajstić information content (AvgIpc) is 2.99. The standard InChI is InChI=1S/C14H27NO/c1-4-12(2,3)11-5-7-14(16,8-6-11)13(15)9-10-13/h11,16H,4-10,15H2,1-3H3. The van der Waals surface area contributed by atoms with Crippen molar-refractivity contribution < 1.29 is 5.11 Å². The van der Waals surface area contributed by atoms with E-state index in [1.165, 1.54) is 6.42 Å². The van der Waals surface area contributed by atoms with Crippen LogP contribution in [0.1, 0.15) is 65.7 Å². The summed E-state index contributed by atoms with van der Waals surface area (Å²) >= 11 is 0. The molecule has 2 rings (SSSR count). The molecule has 0 unspecified atom stereocenters. The molecule has 16 heavy (non-hydrogen) atoms. The SMILES string of the molecule is CCC(C)(C)C1CCC(O)(C2(N)CC2)CC1. The van der Waals surface area contributed by atoms with Crippen molar-refractivity contribution in [3.05, 3.63) is 0 Å². The molecule has 2 aliphatic rings. The Bertz CT molecular complexity index is 260. The van der Waals surface area contributed by atoms with Crippen LogP contribution in [0.15, 0.2) is 0 Å². The van der Waals surface area contributed by atoms with E-state index in [0.29, 0.717) is 5.41 Å². The van der Waals surface area contributed by atoms with E-state index in [2.05, 4.69) is 20.8 Å². The summed E-state index contributed by atoms with van der Waals surface area (Å²) in [5.41, 5.74) is 5.84. The third kappa shape index (κ3) is 1.91. The van der Waals surface area contributed by atoms with Crippen LogP contribution < -0.4 is 5.73 Å². The van der Waals surface area contributed by atoms with Gasteiger partial charge in [0.2, 0.25) is 0 Å². The fourth-order valence-corrected chi connectivity index (χ4v) is 3.26. The van der Waals surface area contributed by atoms with Crippen molar-refractivity contribution in [2.24, 2.45) is 17.1 Å². The quantitative estimate of drug-likeness (QED) is 0.776. The Morgan fingerprint density at radius 2 is 1.69 bits per heavy atom. The zero-order chi connectivity index (χ0) is 12.0. The van der Waals surface area contributed by atoms with E-state index in [-0.39, 0.29) is 5.54 Å². The molecular weight excluding hydrogens is 198 g/mol. The number of aliphatic hydroxyl groups is 1. The number of hydrogen-bond donors (Lipinski definition) is 2. The maximum absolute atomic E-state index is 10.6. The van der Waals surface area contributed by atoms with Crippen LogP contribution in [0.3, 0.4) is 0 Å². The summed E-state index contributed by atoms with van der Waals surface area (Å²) in [6, 6.07) is 0. The van der Waals surface area contributed by atoms with Gasteiger partial charge in [-0.25, -0.2) is 0 Å². The van der Waals surface area contributed by atoms with Crippen molar-refractivity contribution in [2.45, 2.75) is 76.9 Å². The van der Waals surface area contributed by atoms with E-state index in [1.54, 1.807) is 0 Å². The molecule has 3 N–H and O–H groups in total. The molecule has 2 heteroatoms. The van der Waals surface area contributed by atoms with Crippen LogP contribution >= 0.6 is 0 Å². The van der Waals surface area contributed by atoms with Gasteiger partial charge in [-0.2, -0.15) is 0 Å². The van der Waals surface area contributed by atoms with Crippen LogP contribution in [0, 0.1) is 11.3 Å². The molecule has 2 aliphatic carbocycles. The fraction of sp³-hybridized carbons (Fsp3) is 1.00. The van der Waals surface area contributed by atoms with Crippen molar-refractivity contribution in [2.75, 3.05) is 0 Å². The second-order valence-electron chi connectivity index (χ2n) is 6.80. The van der Waals surface area contributed by atoms with E-state index in [1.807, 2.05) is 0 Å². The lowest BCUT2D eigenvalue weighted by molar-refractivity contribution is -0.0546. The molecule has 2 saturated carbocycles. The minimum Gasteiger partial charge on any atom is -0.388 e. The average molecular weight is 225 g/mol. The topological polar surface area (TPSA) is 46.2 Å². The monoisotopic (exact) mass is 225 g/mol. The third-order valence-corrected chi connectivity index (χ3v) is 5.54. The van der Waals surface area contributed by atoms with Gasteiger partial charge in [-0.3, -0.25) is 0 Å². The van der Waals surface area contributed by atoms with Gasteiger partial charge < -0.3 is 10.8 Å². The summed E-state index contributed by atoms with van der Waals surface area (Å²) in [5, 5.41) is 10.6. The zero-order valence-corrected chi connectivity index (χ0v) is 11.1. The maximum atomic E-state index is 10.6. The van der Waals surface area contributed by atoms with Crippen LogP contribution in [0.25, 0.3) is 0 Å². The van der Waals surface area contributed by atoms with Gasteiger partial charge in [-0.05, 0) is 49.9 Å². The predicted octanol–water partition coefficient (Wildman–Crippen LogP) is 2.84. The molecule has 0 aromatic carbocycles. The van der Waals surface area contributed by atoms with Gasteiger partial charge >= 0.3 is 0 Å². The van der Waals surface area contributed by atoms with Crippen molar-refractivity contribution >= 4 is 0 Å². The Hall–Kier alpha value is -0.0800. The molecule has 0 saturated heterocycles. The lowest BCUT2D eigenvalue weighted by atomic mass is 9.64. The van der Waals surface area contributed by atoms with Gasteiger partial charge in [0.25, 0.3) is 0 Å². The zero-order valence-electron chi connectivity index (χ0n) is 11.1. The molecule has 94 valence electrons. The summed E-state index contributed by atoms with van der Waals surface area (Å²) in [6.07, 6.45) is 7.39. The Balaban J connectivity index is 1.97. The second kappa shape index (κ2) is 3.71. The van der Waals surface area contributed by atoms with Crippen LogP contribution in [0.2, 0.25) is 0 Å². The van der Waals surface area contributed by atoms with Crippen LogP contribution in [-0.4, -0.2) is 16.2 Å². The van der Waals surface area contributed by atoms with Gasteiger partial charge in [0, 0.05) is 5.54 Å². The number of rotatable bonds is 3. The van der Waals surface area contributed by atoms with Gasteiger partial charge in [-0.1, -0.05) is 27.2 Å². The first kappa shape index (κ1) is 12.4. The van der Waals surface area contributed by atoms with E-state index >= 15 is 0 Å². The normalized spacial score (nSPS) is 38.4. The molecule has 0 atom stereocenters. The van der Waals surface area contributed by atoms with Gasteiger partial charge in [0.1, 0.15) is 0 Å². The highest BCUT2D eigenvalue weighted by Crippen LogP contribution is 2.52. The summed E-state index contributed by atoms with van der Waals surface area (Å²) in [6.45, 7) is 6.99. The van der Waals surface area contributed by atoms with E-state index in [4.69, 9.17) is 5.73 Å². The third-order valence-electron chi connectivity index (χ3n) is 5.54. The Labute approximate surface area is 99.6 Å². The Morgan fingerprint density at radius 1 is 1.19 bits per heavy atom. The van der Waals surface area contributed by atoms with Crippen molar-refractivity contribution in [3.63, 3.8) is 0 Å². The van der Waals surface area contributed by atoms with Crippen LogP contribution in [-0.2, 0) is 0 Å². The first-order chi connectivity index (χ1) is 7.33. The van der Waals surface area contributed by atoms with E-state index in [0.717, 1.165) is 44.4 Å².